The van der Waals surface area contributed by atoms with Crippen LogP contribution < -0.4 is 0 Å². The molecule has 0 aromatic heterocycles. The Morgan fingerprint density at radius 3 is 2.29 bits per heavy atom. The molecule has 0 aliphatic heterocycles. The van der Waals surface area contributed by atoms with E-state index < -0.39 is 0 Å². The Kier molecular flexibility index (Phi) is 5.82. The Balaban J connectivity index is 2.85. The Morgan fingerprint density at radius 1 is 1.18 bits per heavy atom. The lowest BCUT2D eigenvalue weighted by atomic mass is 9.78. The number of halogens is 2. The van der Waals surface area contributed by atoms with Crippen LogP contribution >= 0.6 is 23.2 Å². The predicted octanol–water partition coefficient (Wildman–Crippen LogP) is 5.05. The summed E-state index contributed by atoms with van der Waals surface area (Å²) in [4.78, 5) is 0. The van der Waals surface area contributed by atoms with Gasteiger partial charge in [-0.3, -0.25) is 0 Å². The fraction of sp³-hybridized carbons (Fsp3) is 0.600. The summed E-state index contributed by atoms with van der Waals surface area (Å²) >= 11 is 12.3. The van der Waals surface area contributed by atoms with Gasteiger partial charge in [-0.2, -0.15) is 0 Å². The van der Waals surface area contributed by atoms with Gasteiger partial charge in [0, 0.05) is 17.2 Å². The fourth-order valence-electron chi connectivity index (χ4n) is 2.43. The Morgan fingerprint density at radius 2 is 1.82 bits per heavy atom. The number of rotatable bonds is 6. The molecule has 1 rings (SSSR count). The van der Waals surface area contributed by atoms with E-state index >= 15 is 0 Å². The molecule has 0 atom stereocenters. The standard InChI is InChI=1S/C15H22Cl2/c1-12(2)8-15(10-16,11-17)9-14-6-4-5-13(3)7-14/h4-7,12H,8-11H2,1-3H3. The second kappa shape index (κ2) is 6.66. The fourth-order valence-corrected chi connectivity index (χ4v) is 3.13. The van der Waals surface area contributed by atoms with E-state index in [1.165, 1.54) is 11.1 Å². The number of aryl methyl sites for hydroxylation is 1. The lowest BCUT2D eigenvalue weighted by Gasteiger charge is -2.31. The Hall–Kier alpha value is -0.200. The van der Waals surface area contributed by atoms with Gasteiger partial charge in [0.25, 0.3) is 0 Å². The van der Waals surface area contributed by atoms with Crippen molar-refractivity contribution in [1.29, 1.82) is 0 Å². The van der Waals surface area contributed by atoms with Gasteiger partial charge in [-0.25, -0.2) is 0 Å². The highest BCUT2D eigenvalue weighted by molar-refractivity contribution is 6.21. The minimum atomic E-state index is 0.0328. The molecular weight excluding hydrogens is 251 g/mol. The topological polar surface area (TPSA) is 0 Å². The average Bonchev–Trinajstić information content (AvgIpc) is 2.27. The van der Waals surface area contributed by atoms with E-state index in [0.29, 0.717) is 17.7 Å². The highest BCUT2D eigenvalue weighted by Crippen LogP contribution is 2.33. The third-order valence-corrected chi connectivity index (χ3v) is 4.20. The molecule has 0 N–H and O–H groups in total. The molecule has 0 bridgehead atoms. The van der Waals surface area contributed by atoms with E-state index in [4.69, 9.17) is 23.2 Å². The van der Waals surface area contributed by atoms with E-state index in [9.17, 15) is 0 Å². The lowest BCUT2D eigenvalue weighted by Crippen LogP contribution is -2.30. The highest BCUT2D eigenvalue weighted by atomic mass is 35.5. The van der Waals surface area contributed by atoms with Crippen molar-refractivity contribution in [2.45, 2.75) is 33.6 Å². The molecule has 0 amide bonds. The van der Waals surface area contributed by atoms with E-state index in [2.05, 4.69) is 45.0 Å². The SMILES string of the molecule is Cc1cccc(CC(CCl)(CCl)CC(C)C)c1. The van der Waals surface area contributed by atoms with Gasteiger partial charge in [-0.15, -0.1) is 23.2 Å². The van der Waals surface area contributed by atoms with Crippen LogP contribution in [-0.4, -0.2) is 11.8 Å². The van der Waals surface area contributed by atoms with Crippen molar-refractivity contribution in [3.8, 4) is 0 Å². The quantitative estimate of drug-likeness (QED) is 0.636. The molecule has 1 aromatic carbocycles. The minimum Gasteiger partial charge on any atom is -0.126 e. The average molecular weight is 273 g/mol. The summed E-state index contributed by atoms with van der Waals surface area (Å²) in [6.45, 7) is 6.57. The van der Waals surface area contributed by atoms with Crippen molar-refractivity contribution in [2.24, 2.45) is 11.3 Å². The highest BCUT2D eigenvalue weighted by Gasteiger charge is 2.29. The molecule has 1 aromatic rings. The summed E-state index contributed by atoms with van der Waals surface area (Å²) in [5.41, 5.74) is 2.67. The molecule has 0 aliphatic carbocycles. The van der Waals surface area contributed by atoms with Gasteiger partial charge in [-0.05, 0) is 31.2 Å². The van der Waals surface area contributed by atoms with E-state index in [1.807, 2.05) is 0 Å². The molecule has 0 aliphatic rings. The molecule has 0 heterocycles. The molecule has 0 radical (unpaired) electrons. The molecule has 0 saturated carbocycles. The van der Waals surface area contributed by atoms with Gasteiger partial charge in [0.05, 0.1) is 0 Å². The third-order valence-electron chi connectivity index (χ3n) is 3.07. The zero-order valence-corrected chi connectivity index (χ0v) is 12.5. The molecular formula is C15H22Cl2. The summed E-state index contributed by atoms with van der Waals surface area (Å²) in [5.74, 6) is 1.88. The maximum absolute atomic E-state index is 6.17. The number of benzene rings is 1. The number of hydrogen-bond donors (Lipinski definition) is 0. The maximum Gasteiger partial charge on any atom is 0.0294 e. The molecule has 0 saturated heterocycles. The van der Waals surface area contributed by atoms with E-state index in [0.717, 1.165) is 12.8 Å². The van der Waals surface area contributed by atoms with Crippen molar-refractivity contribution >= 4 is 23.2 Å². The molecule has 96 valence electrons. The zero-order valence-electron chi connectivity index (χ0n) is 11.0. The van der Waals surface area contributed by atoms with Crippen LogP contribution in [0.4, 0.5) is 0 Å². The summed E-state index contributed by atoms with van der Waals surface area (Å²) in [6.07, 6.45) is 2.05. The van der Waals surface area contributed by atoms with Crippen LogP contribution in [-0.2, 0) is 6.42 Å². The van der Waals surface area contributed by atoms with Crippen molar-refractivity contribution < 1.29 is 0 Å². The van der Waals surface area contributed by atoms with Crippen LogP contribution in [0.25, 0.3) is 0 Å². The second-order valence-electron chi connectivity index (χ2n) is 5.53. The number of hydrogen-bond acceptors (Lipinski definition) is 0. The van der Waals surface area contributed by atoms with Crippen molar-refractivity contribution in [3.05, 3.63) is 35.4 Å². The first-order valence-electron chi connectivity index (χ1n) is 6.19. The van der Waals surface area contributed by atoms with Crippen LogP contribution in [0.15, 0.2) is 24.3 Å². The van der Waals surface area contributed by atoms with E-state index in [-0.39, 0.29) is 5.41 Å². The largest absolute Gasteiger partial charge is 0.126 e. The van der Waals surface area contributed by atoms with Gasteiger partial charge in [0.15, 0.2) is 0 Å². The van der Waals surface area contributed by atoms with Crippen LogP contribution in [0.5, 0.6) is 0 Å². The number of alkyl halides is 2. The molecule has 0 fully saturated rings. The molecule has 0 nitrogen and oxygen atoms in total. The normalized spacial score (nSPS) is 12.1. The zero-order chi connectivity index (χ0) is 12.9. The van der Waals surface area contributed by atoms with Crippen LogP contribution in [0.3, 0.4) is 0 Å². The molecule has 0 spiro atoms. The summed E-state index contributed by atoms with van der Waals surface area (Å²) in [6, 6.07) is 8.62. The molecule has 0 unspecified atom stereocenters. The smallest absolute Gasteiger partial charge is 0.0294 e. The second-order valence-corrected chi connectivity index (χ2v) is 6.07. The molecule has 17 heavy (non-hydrogen) atoms. The third kappa shape index (κ3) is 4.52. The van der Waals surface area contributed by atoms with Gasteiger partial charge in [0.1, 0.15) is 0 Å². The van der Waals surface area contributed by atoms with Gasteiger partial charge in [-0.1, -0.05) is 43.7 Å². The van der Waals surface area contributed by atoms with Crippen LogP contribution in [0.2, 0.25) is 0 Å². The molecule has 2 heteroatoms. The summed E-state index contributed by atoms with van der Waals surface area (Å²) < 4.78 is 0. The van der Waals surface area contributed by atoms with Crippen LogP contribution in [0.1, 0.15) is 31.4 Å². The predicted molar refractivity (Wildman–Crippen MR) is 78.2 cm³/mol. The van der Waals surface area contributed by atoms with Crippen LogP contribution in [0, 0.1) is 18.3 Å². The first-order valence-corrected chi connectivity index (χ1v) is 7.26. The van der Waals surface area contributed by atoms with Crippen molar-refractivity contribution in [3.63, 3.8) is 0 Å². The van der Waals surface area contributed by atoms with Gasteiger partial charge in [0.2, 0.25) is 0 Å². The maximum atomic E-state index is 6.17. The first-order chi connectivity index (χ1) is 8.01. The van der Waals surface area contributed by atoms with Gasteiger partial charge >= 0.3 is 0 Å². The van der Waals surface area contributed by atoms with Crippen molar-refractivity contribution in [2.75, 3.05) is 11.8 Å². The Labute approximate surface area is 115 Å². The van der Waals surface area contributed by atoms with Gasteiger partial charge < -0.3 is 0 Å². The first kappa shape index (κ1) is 14.9. The minimum absolute atomic E-state index is 0.0328. The monoisotopic (exact) mass is 272 g/mol. The van der Waals surface area contributed by atoms with Crippen molar-refractivity contribution in [1.82, 2.24) is 0 Å². The van der Waals surface area contributed by atoms with E-state index in [1.54, 1.807) is 0 Å². The Bertz CT molecular complexity index is 341. The lowest BCUT2D eigenvalue weighted by molar-refractivity contribution is 0.295. The summed E-state index contributed by atoms with van der Waals surface area (Å²) in [5, 5.41) is 0. The summed E-state index contributed by atoms with van der Waals surface area (Å²) in [7, 11) is 0.